The summed E-state index contributed by atoms with van der Waals surface area (Å²) in [7, 11) is 0. The van der Waals surface area contributed by atoms with Crippen molar-refractivity contribution < 1.29 is 14.3 Å². The Balaban J connectivity index is 1.70. The maximum atomic E-state index is 13.3. The highest BCUT2D eigenvalue weighted by Crippen LogP contribution is 2.30. The highest BCUT2D eigenvalue weighted by atomic mass is 16.5. The van der Waals surface area contributed by atoms with E-state index >= 15 is 0 Å². The van der Waals surface area contributed by atoms with Crippen LogP contribution in [-0.4, -0.2) is 38.2 Å². The summed E-state index contributed by atoms with van der Waals surface area (Å²) in [6, 6.07) is 16.2. The van der Waals surface area contributed by atoms with E-state index in [0.717, 1.165) is 29.7 Å². The lowest BCUT2D eigenvalue weighted by molar-refractivity contribution is -0.120. The van der Waals surface area contributed by atoms with Gasteiger partial charge in [-0.2, -0.15) is 0 Å². The molecule has 1 heterocycles. The molecule has 1 atom stereocenters. The van der Waals surface area contributed by atoms with E-state index in [4.69, 9.17) is 4.74 Å². The van der Waals surface area contributed by atoms with E-state index in [1.807, 2.05) is 61.5 Å². The van der Waals surface area contributed by atoms with E-state index < -0.39 is 6.04 Å². The summed E-state index contributed by atoms with van der Waals surface area (Å²) < 4.78 is 5.27. The van der Waals surface area contributed by atoms with Crippen molar-refractivity contribution in [2.75, 3.05) is 31.2 Å². The van der Waals surface area contributed by atoms with Gasteiger partial charge < -0.3 is 20.3 Å². The number of urea groups is 1. The fourth-order valence-corrected chi connectivity index (χ4v) is 3.36. The lowest BCUT2D eigenvalue weighted by Crippen LogP contribution is -2.46. The van der Waals surface area contributed by atoms with Crippen LogP contribution in [0.3, 0.4) is 0 Å². The second-order valence-electron chi connectivity index (χ2n) is 6.66. The summed E-state index contributed by atoms with van der Waals surface area (Å²) in [6.07, 6.45) is 1.55. The molecule has 0 aliphatic carbocycles. The van der Waals surface area contributed by atoms with Gasteiger partial charge in [0, 0.05) is 32.0 Å². The van der Waals surface area contributed by atoms with Crippen molar-refractivity contribution >= 4 is 17.6 Å². The van der Waals surface area contributed by atoms with Crippen LogP contribution in [0.5, 0.6) is 0 Å². The maximum Gasteiger partial charge on any atom is 0.315 e. The van der Waals surface area contributed by atoms with Gasteiger partial charge in [0.1, 0.15) is 6.04 Å². The minimum absolute atomic E-state index is 0.124. The highest BCUT2D eigenvalue weighted by molar-refractivity contribution is 6.01. The molecule has 0 fully saturated rings. The Morgan fingerprint density at radius 2 is 1.86 bits per heavy atom. The Morgan fingerprint density at radius 1 is 1.11 bits per heavy atom. The van der Waals surface area contributed by atoms with Gasteiger partial charge in [-0.15, -0.1) is 0 Å². The van der Waals surface area contributed by atoms with Crippen molar-refractivity contribution in [1.82, 2.24) is 10.6 Å². The second kappa shape index (κ2) is 9.90. The van der Waals surface area contributed by atoms with Gasteiger partial charge in [0.15, 0.2) is 0 Å². The molecule has 3 amide bonds. The number of hydrogen-bond donors (Lipinski definition) is 2. The van der Waals surface area contributed by atoms with Crippen LogP contribution in [0, 0.1) is 0 Å². The van der Waals surface area contributed by atoms with E-state index in [0.29, 0.717) is 26.3 Å². The molecule has 1 aliphatic rings. The molecule has 28 heavy (non-hydrogen) atoms. The van der Waals surface area contributed by atoms with Gasteiger partial charge in [0.2, 0.25) is 0 Å². The third-order valence-electron chi connectivity index (χ3n) is 4.76. The fraction of sp³-hybridized carbons (Fsp3) is 0.364. The Bertz CT molecular complexity index is 795. The van der Waals surface area contributed by atoms with E-state index in [-0.39, 0.29) is 11.9 Å². The largest absolute Gasteiger partial charge is 0.382 e. The first-order valence-electron chi connectivity index (χ1n) is 9.77. The summed E-state index contributed by atoms with van der Waals surface area (Å²) in [5, 5.41) is 5.66. The maximum absolute atomic E-state index is 13.3. The smallest absolute Gasteiger partial charge is 0.315 e. The van der Waals surface area contributed by atoms with E-state index in [1.54, 1.807) is 4.90 Å². The lowest BCUT2D eigenvalue weighted by Gasteiger charge is -2.25. The zero-order valence-corrected chi connectivity index (χ0v) is 16.2. The summed E-state index contributed by atoms with van der Waals surface area (Å²) in [4.78, 5) is 27.5. The minimum Gasteiger partial charge on any atom is -0.382 e. The van der Waals surface area contributed by atoms with Gasteiger partial charge in [0.05, 0.1) is 0 Å². The molecule has 2 N–H and O–H groups in total. The molecule has 0 spiro atoms. The number of fused-ring (bicyclic) bond motifs is 1. The molecule has 0 radical (unpaired) electrons. The molecule has 2 aromatic carbocycles. The van der Waals surface area contributed by atoms with Gasteiger partial charge in [0.25, 0.3) is 5.91 Å². The Kier molecular flexibility index (Phi) is 7.03. The summed E-state index contributed by atoms with van der Waals surface area (Å²) in [6.45, 7) is 4.32. The predicted octanol–water partition coefficient (Wildman–Crippen LogP) is 3.04. The van der Waals surface area contributed by atoms with Crippen molar-refractivity contribution in [3.05, 3.63) is 65.7 Å². The number of nitrogens with zero attached hydrogens (tertiary/aromatic N) is 1. The van der Waals surface area contributed by atoms with Crippen LogP contribution in [0.15, 0.2) is 54.6 Å². The topological polar surface area (TPSA) is 70.7 Å². The monoisotopic (exact) mass is 381 g/mol. The number of carbonyl (C=O) groups excluding carboxylic acids is 2. The first kappa shape index (κ1) is 19.9. The number of para-hydroxylation sites is 1. The molecular weight excluding hydrogens is 354 g/mol. The number of anilines is 1. The Labute approximate surface area is 165 Å². The standard InChI is InChI=1S/C22H27N3O3/c1-2-28-16-8-14-23-22(27)24-20(18-10-4-3-5-11-18)21(26)25-15-13-17-9-6-7-12-19(17)25/h3-7,9-12,20H,2,8,13-16H2,1H3,(H2,23,24,27). The minimum atomic E-state index is -0.737. The van der Waals surface area contributed by atoms with Crippen molar-refractivity contribution in [3.63, 3.8) is 0 Å². The molecule has 1 unspecified atom stereocenters. The van der Waals surface area contributed by atoms with Crippen LogP contribution in [0.1, 0.15) is 30.5 Å². The van der Waals surface area contributed by atoms with Crippen LogP contribution in [0.4, 0.5) is 10.5 Å². The molecule has 0 aromatic heterocycles. The third-order valence-corrected chi connectivity index (χ3v) is 4.76. The molecular formula is C22H27N3O3. The van der Waals surface area contributed by atoms with Gasteiger partial charge in [-0.3, -0.25) is 4.79 Å². The normalized spacial score (nSPS) is 13.7. The number of carbonyl (C=O) groups is 2. The van der Waals surface area contributed by atoms with Crippen molar-refractivity contribution in [3.8, 4) is 0 Å². The summed E-state index contributed by atoms with van der Waals surface area (Å²) in [5.74, 6) is -0.124. The molecule has 6 heteroatoms. The van der Waals surface area contributed by atoms with Gasteiger partial charge in [-0.05, 0) is 37.0 Å². The van der Waals surface area contributed by atoms with Gasteiger partial charge >= 0.3 is 6.03 Å². The molecule has 2 aromatic rings. The average molecular weight is 381 g/mol. The van der Waals surface area contributed by atoms with Crippen LogP contribution in [-0.2, 0) is 16.0 Å². The number of benzene rings is 2. The Hall–Kier alpha value is -2.86. The predicted molar refractivity (Wildman–Crippen MR) is 109 cm³/mol. The zero-order chi connectivity index (χ0) is 19.8. The number of hydrogen-bond acceptors (Lipinski definition) is 3. The highest BCUT2D eigenvalue weighted by Gasteiger charge is 2.31. The molecule has 0 saturated heterocycles. The fourth-order valence-electron chi connectivity index (χ4n) is 3.36. The molecule has 0 saturated carbocycles. The van der Waals surface area contributed by atoms with Gasteiger partial charge in [-0.1, -0.05) is 48.5 Å². The molecule has 148 valence electrons. The van der Waals surface area contributed by atoms with Crippen molar-refractivity contribution in [2.24, 2.45) is 0 Å². The second-order valence-corrected chi connectivity index (χ2v) is 6.66. The zero-order valence-electron chi connectivity index (χ0n) is 16.2. The van der Waals surface area contributed by atoms with Crippen molar-refractivity contribution in [1.29, 1.82) is 0 Å². The van der Waals surface area contributed by atoms with E-state index in [9.17, 15) is 9.59 Å². The summed E-state index contributed by atoms with van der Waals surface area (Å²) in [5.41, 5.74) is 2.84. The van der Waals surface area contributed by atoms with E-state index in [1.165, 1.54) is 0 Å². The van der Waals surface area contributed by atoms with Crippen molar-refractivity contribution in [2.45, 2.75) is 25.8 Å². The number of rotatable bonds is 8. The van der Waals surface area contributed by atoms with Crippen LogP contribution >= 0.6 is 0 Å². The molecule has 1 aliphatic heterocycles. The third kappa shape index (κ3) is 4.89. The molecule has 3 rings (SSSR count). The van der Waals surface area contributed by atoms with Crippen LogP contribution in [0.2, 0.25) is 0 Å². The summed E-state index contributed by atoms with van der Waals surface area (Å²) >= 11 is 0. The van der Waals surface area contributed by atoms with Gasteiger partial charge in [-0.25, -0.2) is 4.79 Å². The van der Waals surface area contributed by atoms with Crippen LogP contribution < -0.4 is 15.5 Å². The van der Waals surface area contributed by atoms with Crippen LogP contribution in [0.25, 0.3) is 0 Å². The molecule has 0 bridgehead atoms. The first-order valence-corrected chi connectivity index (χ1v) is 9.77. The average Bonchev–Trinajstić information content (AvgIpc) is 3.16. The SMILES string of the molecule is CCOCCCNC(=O)NC(C(=O)N1CCc2ccccc21)c1ccccc1. The van der Waals surface area contributed by atoms with E-state index in [2.05, 4.69) is 10.6 Å². The lowest BCUT2D eigenvalue weighted by atomic mass is 10.1. The number of ether oxygens (including phenoxy) is 1. The first-order chi connectivity index (χ1) is 13.7. The Morgan fingerprint density at radius 3 is 2.64 bits per heavy atom. The quantitative estimate of drug-likeness (QED) is 0.691. The number of nitrogens with one attached hydrogen (secondary N) is 2. The number of amides is 3. The molecule has 6 nitrogen and oxygen atoms in total.